The molecule has 3 aromatic rings. The minimum Gasteiger partial charge on any atom is -0.451 e. The third-order valence-electron chi connectivity index (χ3n) is 6.71. The van der Waals surface area contributed by atoms with Gasteiger partial charge in [-0.25, -0.2) is 9.78 Å². The van der Waals surface area contributed by atoms with Gasteiger partial charge >= 0.3 is 5.97 Å². The molecule has 5 heterocycles. The van der Waals surface area contributed by atoms with Gasteiger partial charge in [-0.2, -0.15) is 9.97 Å². The minimum atomic E-state index is -1.01. The average Bonchev–Trinajstić information content (AvgIpc) is 3.39. The average molecular weight is 546 g/mol. The predicted octanol–water partition coefficient (Wildman–Crippen LogP) is 2.86. The molecule has 2 N–H and O–H groups in total. The molecule has 12 nitrogen and oxygen atoms in total. The number of anilines is 1. The number of rotatable bonds is 3. The highest BCUT2D eigenvalue weighted by atomic mass is 35.5. The first kappa shape index (κ1) is 25.4. The molecule has 0 aliphatic carbocycles. The second kappa shape index (κ2) is 9.11. The molecule has 3 aliphatic rings. The molecular formula is C25H28ClN5O7. The van der Waals surface area contributed by atoms with Gasteiger partial charge < -0.3 is 34.2 Å². The number of hydrogen-bond donors (Lipinski definition) is 1. The number of carbonyl (C=O) groups is 1. The van der Waals surface area contributed by atoms with E-state index in [1.54, 1.807) is 42.7 Å². The number of aromatic nitrogens is 4. The number of ether oxygens (including phenoxy) is 6. The summed E-state index contributed by atoms with van der Waals surface area (Å²) >= 11 is 6.30. The third-order valence-corrected chi connectivity index (χ3v) is 6.97. The van der Waals surface area contributed by atoms with Crippen LogP contribution in [0.15, 0.2) is 36.7 Å². The highest BCUT2D eigenvalue weighted by Gasteiger charge is 2.60. The molecule has 38 heavy (non-hydrogen) atoms. The first-order valence-electron chi connectivity index (χ1n) is 12.3. The molecule has 13 heteroatoms. The number of benzene rings is 1. The first-order chi connectivity index (χ1) is 18.0. The molecule has 3 aliphatic heterocycles. The van der Waals surface area contributed by atoms with E-state index in [9.17, 15) is 4.79 Å². The van der Waals surface area contributed by atoms with Crippen molar-refractivity contribution in [3.8, 4) is 0 Å². The summed E-state index contributed by atoms with van der Waals surface area (Å²) in [7, 11) is 0. The van der Waals surface area contributed by atoms with E-state index < -0.39 is 54.3 Å². The molecule has 0 amide bonds. The lowest BCUT2D eigenvalue weighted by molar-refractivity contribution is -0.332. The van der Waals surface area contributed by atoms with Crippen molar-refractivity contribution in [3.05, 3.63) is 47.4 Å². The maximum Gasteiger partial charge on any atom is 0.338 e. The van der Waals surface area contributed by atoms with Gasteiger partial charge in [0.25, 0.3) is 0 Å². The molecular weight excluding hydrogens is 518 g/mol. The highest BCUT2D eigenvalue weighted by molar-refractivity contribution is 6.33. The maximum absolute atomic E-state index is 13.4. The topological polar surface area (TPSA) is 142 Å². The fraction of sp³-hybridized carbons (Fsp3) is 0.520. The number of imidazole rings is 1. The van der Waals surface area contributed by atoms with Gasteiger partial charge in [0.2, 0.25) is 5.95 Å². The third kappa shape index (κ3) is 4.51. The van der Waals surface area contributed by atoms with Crippen LogP contribution in [0, 0.1) is 0 Å². The summed E-state index contributed by atoms with van der Waals surface area (Å²) in [5, 5.41) is 0.0844. The van der Waals surface area contributed by atoms with E-state index in [1.807, 2.05) is 19.9 Å². The summed E-state index contributed by atoms with van der Waals surface area (Å²) in [5.41, 5.74) is 6.89. The van der Waals surface area contributed by atoms with Crippen LogP contribution in [0.4, 0.5) is 5.95 Å². The number of nitrogens with zero attached hydrogens (tertiary/aromatic N) is 4. The second-order valence-corrected chi connectivity index (χ2v) is 10.7. The van der Waals surface area contributed by atoms with Crippen molar-refractivity contribution < 1.29 is 33.2 Å². The van der Waals surface area contributed by atoms with E-state index in [-0.39, 0.29) is 17.7 Å². The van der Waals surface area contributed by atoms with Gasteiger partial charge in [-0.05, 0) is 39.8 Å². The van der Waals surface area contributed by atoms with Crippen molar-refractivity contribution in [3.63, 3.8) is 0 Å². The van der Waals surface area contributed by atoms with E-state index >= 15 is 0 Å². The number of esters is 1. The van der Waals surface area contributed by atoms with Gasteiger partial charge in [0, 0.05) is 0 Å². The van der Waals surface area contributed by atoms with Gasteiger partial charge in [0.15, 0.2) is 34.7 Å². The molecule has 0 radical (unpaired) electrons. The van der Waals surface area contributed by atoms with E-state index in [0.717, 1.165) is 0 Å². The second-order valence-electron chi connectivity index (χ2n) is 10.4. The van der Waals surface area contributed by atoms with Crippen molar-refractivity contribution >= 4 is 34.7 Å². The zero-order chi connectivity index (χ0) is 26.8. The van der Waals surface area contributed by atoms with Crippen molar-refractivity contribution in [2.75, 3.05) is 12.3 Å². The van der Waals surface area contributed by atoms with Crippen LogP contribution < -0.4 is 5.73 Å². The lowest BCUT2D eigenvalue weighted by Gasteiger charge is -2.42. The molecule has 0 saturated carbocycles. The Labute approximate surface area is 223 Å². The van der Waals surface area contributed by atoms with Crippen molar-refractivity contribution in [2.24, 2.45) is 0 Å². The molecule has 3 saturated heterocycles. The number of nitrogens with two attached hydrogens (primary N) is 1. The van der Waals surface area contributed by atoms with E-state index in [2.05, 4.69) is 15.0 Å². The van der Waals surface area contributed by atoms with E-state index in [1.165, 1.54) is 6.33 Å². The first-order valence-corrected chi connectivity index (χ1v) is 12.6. The smallest absolute Gasteiger partial charge is 0.338 e. The van der Waals surface area contributed by atoms with Crippen LogP contribution in [-0.4, -0.2) is 74.2 Å². The Morgan fingerprint density at radius 1 is 1.05 bits per heavy atom. The van der Waals surface area contributed by atoms with Crippen LogP contribution >= 0.6 is 11.6 Å². The molecule has 2 aromatic heterocycles. The van der Waals surface area contributed by atoms with E-state index in [4.69, 9.17) is 45.8 Å². The summed E-state index contributed by atoms with van der Waals surface area (Å²) < 4.78 is 39.3. The zero-order valence-electron chi connectivity index (χ0n) is 21.2. The summed E-state index contributed by atoms with van der Waals surface area (Å²) in [6, 6.07) is 8.66. The Morgan fingerprint density at radius 2 is 1.76 bits per heavy atom. The van der Waals surface area contributed by atoms with Crippen LogP contribution in [0.1, 0.15) is 44.3 Å². The predicted molar refractivity (Wildman–Crippen MR) is 133 cm³/mol. The Balaban J connectivity index is 1.49. The quantitative estimate of drug-likeness (QED) is 0.383. The number of nitrogen functional groups attached to an aromatic ring is 1. The lowest BCUT2D eigenvalue weighted by Crippen LogP contribution is -2.55. The fourth-order valence-electron chi connectivity index (χ4n) is 5.15. The van der Waals surface area contributed by atoms with Gasteiger partial charge in [-0.1, -0.05) is 29.8 Å². The normalized spacial score (nSPS) is 31.8. The maximum atomic E-state index is 13.4. The Morgan fingerprint density at radius 3 is 2.53 bits per heavy atom. The molecule has 6 atom stereocenters. The molecule has 0 bridgehead atoms. The van der Waals surface area contributed by atoms with Gasteiger partial charge in [-0.3, -0.25) is 4.57 Å². The summed E-state index contributed by atoms with van der Waals surface area (Å²) in [4.78, 5) is 26.1. The summed E-state index contributed by atoms with van der Waals surface area (Å²) in [6.07, 6.45) is -3.13. The summed E-state index contributed by atoms with van der Waals surface area (Å²) in [6.45, 7) is 7.44. The zero-order valence-corrected chi connectivity index (χ0v) is 22.0. The number of fused-ring (bicyclic) bond motifs is 4. The molecule has 1 aromatic carbocycles. The Hall–Kier alpha value is -2.87. The van der Waals surface area contributed by atoms with Crippen LogP contribution in [0.3, 0.4) is 0 Å². The Kier molecular flexibility index (Phi) is 6.09. The fourth-order valence-corrected chi connectivity index (χ4v) is 5.37. The minimum absolute atomic E-state index is 0.0425. The lowest BCUT2D eigenvalue weighted by atomic mass is 9.99. The molecule has 3 fully saturated rings. The Bertz CT molecular complexity index is 1370. The highest BCUT2D eigenvalue weighted by Crippen LogP contribution is 2.44. The number of carbonyl (C=O) groups excluding carboxylic acids is 1. The monoisotopic (exact) mass is 545 g/mol. The van der Waals surface area contributed by atoms with Gasteiger partial charge in [0.1, 0.15) is 29.9 Å². The van der Waals surface area contributed by atoms with Crippen LogP contribution in [0.5, 0.6) is 0 Å². The SMILES string of the molecule is CC1(C)OC2C(OC(=O)c3ccccc3)[C@H](n3cnc4c(Cl)nc(N)nc43)OC3COC(C)(C)O[C@@H]3[C@@H]2O1. The molecule has 202 valence electrons. The van der Waals surface area contributed by atoms with Crippen LogP contribution in [0.2, 0.25) is 5.15 Å². The van der Waals surface area contributed by atoms with Crippen LogP contribution in [0.25, 0.3) is 11.2 Å². The number of halogens is 1. The van der Waals surface area contributed by atoms with Gasteiger partial charge in [-0.15, -0.1) is 0 Å². The standard InChI is InChI=1S/C25H28ClN5O7/c1-24(2)33-10-13-15(36-24)16-17(38-25(3,4)37-16)18(35-22(32)12-8-6-5-7-9-12)21(34-13)31-11-28-14-19(26)29-23(27)30-20(14)31/h5-9,11,13,15-18,21H,10H2,1-4H3,(H2,27,29,30)/t13?,15-,16-,17?,18?,21+/m0/s1. The van der Waals surface area contributed by atoms with E-state index in [0.29, 0.717) is 16.7 Å². The van der Waals surface area contributed by atoms with Gasteiger partial charge in [0.05, 0.1) is 18.5 Å². The molecule has 0 spiro atoms. The van der Waals surface area contributed by atoms with Crippen LogP contribution in [-0.2, 0) is 28.4 Å². The van der Waals surface area contributed by atoms with Crippen molar-refractivity contribution in [1.29, 1.82) is 0 Å². The molecule has 6 rings (SSSR count). The number of hydrogen-bond acceptors (Lipinski definition) is 11. The van der Waals surface area contributed by atoms with Crippen molar-refractivity contribution in [1.82, 2.24) is 19.5 Å². The van der Waals surface area contributed by atoms with Crippen molar-refractivity contribution in [2.45, 2.75) is 76.0 Å². The molecule has 3 unspecified atom stereocenters. The summed E-state index contributed by atoms with van der Waals surface area (Å²) in [5.74, 6) is -2.48. The largest absolute Gasteiger partial charge is 0.451 e.